The van der Waals surface area contributed by atoms with Gasteiger partial charge in [-0.2, -0.15) is 9.36 Å². The number of hydrogen-bond acceptors (Lipinski definition) is 6. The van der Waals surface area contributed by atoms with Crippen LogP contribution in [0.25, 0.3) is 0 Å². The third-order valence-corrected chi connectivity index (χ3v) is 7.08. The van der Waals surface area contributed by atoms with Crippen LogP contribution < -0.4 is 5.69 Å². The minimum absolute atomic E-state index is 0.0000448. The smallest absolute Gasteiger partial charge is 0.363 e. The molecule has 0 spiro atoms. The maximum atomic E-state index is 12.4. The normalized spacial score (nSPS) is 21.6. The summed E-state index contributed by atoms with van der Waals surface area (Å²) in [5.41, 5.74) is -0.323. The predicted molar refractivity (Wildman–Crippen MR) is 84.0 cm³/mol. The highest BCUT2D eigenvalue weighted by molar-refractivity contribution is 7.92. The Labute approximate surface area is 135 Å². The van der Waals surface area contributed by atoms with E-state index in [1.165, 1.54) is 9.36 Å². The molecule has 1 aliphatic carbocycles. The second kappa shape index (κ2) is 7.12. The molecule has 0 unspecified atom stereocenters. The molecule has 3 rings (SSSR count). The summed E-state index contributed by atoms with van der Waals surface area (Å²) in [6.07, 6.45) is 6.02. The Morgan fingerprint density at radius 2 is 1.74 bits per heavy atom. The number of tetrazole rings is 1. The van der Waals surface area contributed by atoms with E-state index < -0.39 is 9.84 Å². The lowest BCUT2D eigenvalue weighted by molar-refractivity contribution is 0.0647. The topological polar surface area (TPSA) is 96.1 Å². The lowest BCUT2D eigenvalue weighted by Crippen LogP contribution is -2.34. The van der Waals surface area contributed by atoms with E-state index in [2.05, 4.69) is 10.4 Å². The molecule has 0 bridgehead atoms. The number of rotatable bonds is 5. The summed E-state index contributed by atoms with van der Waals surface area (Å²) in [6, 6.07) is -0.0000448. The standard InChI is InChI=1S/C14H24N4O4S/c19-14-17(15-16-18(14)12-6-9-22-10-7-12)8-11-23(20,21)13-4-2-1-3-5-13/h12-13H,1-11H2. The molecule has 0 N–H and O–H groups in total. The van der Waals surface area contributed by atoms with Gasteiger partial charge in [-0.25, -0.2) is 13.2 Å². The van der Waals surface area contributed by atoms with Crippen molar-refractivity contribution in [1.29, 1.82) is 0 Å². The first-order chi connectivity index (χ1) is 11.1. The Balaban J connectivity index is 1.64. The molecule has 1 aromatic heterocycles. The Morgan fingerprint density at radius 1 is 1.04 bits per heavy atom. The second-order valence-electron chi connectivity index (χ2n) is 6.40. The van der Waals surface area contributed by atoms with Crippen LogP contribution in [-0.2, 0) is 21.1 Å². The van der Waals surface area contributed by atoms with Crippen LogP contribution in [0.3, 0.4) is 0 Å². The monoisotopic (exact) mass is 344 g/mol. The molecular weight excluding hydrogens is 320 g/mol. The summed E-state index contributed by atoms with van der Waals surface area (Å²) >= 11 is 0. The lowest BCUT2D eigenvalue weighted by Gasteiger charge is -2.21. The van der Waals surface area contributed by atoms with Gasteiger partial charge in [-0.15, -0.1) is 0 Å². The van der Waals surface area contributed by atoms with Crippen molar-refractivity contribution in [2.45, 2.75) is 62.8 Å². The molecule has 1 saturated carbocycles. The van der Waals surface area contributed by atoms with E-state index in [0.29, 0.717) is 13.2 Å². The van der Waals surface area contributed by atoms with Crippen molar-refractivity contribution in [2.75, 3.05) is 19.0 Å². The Kier molecular flexibility index (Phi) is 5.15. The van der Waals surface area contributed by atoms with Crippen LogP contribution in [0.15, 0.2) is 4.79 Å². The van der Waals surface area contributed by atoms with Crippen molar-refractivity contribution in [3.63, 3.8) is 0 Å². The fourth-order valence-electron chi connectivity index (χ4n) is 3.39. The number of hydrogen-bond donors (Lipinski definition) is 0. The van der Waals surface area contributed by atoms with Gasteiger partial charge in [-0.05, 0) is 36.1 Å². The summed E-state index contributed by atoms with van der Waals surface area (Å²) in [4.78, 5) is 12.3. The largest absolute Gasteiger partial charge is 0.381 e. The minimum Gasteiger partial charge on any atom is -0.381 e. The van der Waals surface area contributed by atoms with E-state index in [-0.39, 0.29) is 29.3 Å². The fourth-order valence-corrected chi connectivity index (χ4v) is 5.20. The summed E-state index contributed by atoms with van der Waals surface area (Å²) in [6.45, 7) is 1.31. The van der Waals surface area contributed by atoms with Crippen molar-refractivity contribution < 1.29 is 13.2 Å². The number of aromatic nitrogens is 4. The molecule has 0 radical (unpaired) electrons. The number of sulfone groups is 1. The van der Waals surface area contributed by atoms with Gasteiger partial charge in [-0.1, -0.05) is 19.3 Å². The highest BCUT2D eigenvalue weighted by Crippen LogP contribution is 2.24. The van der Waals surface area contributed by atoms with E-state index in [0.717, 1.165) is 44.9 Å². The maximum absolute atomic E-state index is 12.4. The van der Waals surface area contributed by atoms with Crippen LogP contribution in [0.4, 0.5) is 0 Å². The fraction of sp³-hybridized carbons (Fsp3) is 0.929. The molecule has 1 aliphatic heterocycles. The van der Waals surface area contributed by atoms with Crippen LogP contribution in [0, 0.1) is 0 Å². The number of ether oxygens (including phenoxy) is 1. The molecule has 8 nitrogen and oxygen atoms in total. The van der Waals surface area contributed by atoms with Gasteiger partial charge >= 0.3 is 5.69 Å². The molecule has 2 fully saturated rings. The molecule has 0 atom stereocenters. The Morgan fingerprint density at radius 3 is 2.43 bits per heavy atom. The molecule has 1 saturated heterocycles. The lowest BCUT2D eigenvalue weighted by atomic mass is 10.0. The zero-order valence-electron chi connectivity index (χ0n) is 13.3. The Hall–Kier alpha value is -1.22. The van der Waals surface area contributed by atoms with Gasteiger partial charge < -0.3 is 4.74 Å². The van der Waals surface area contributed by atoms with Crippen LogP contribution >= 0.6 is 0 Å². The molecule has 1 aromatic rings. The maximum Gasteiger partial charge on any atom is 0.363 e. The summed E-state index contributed by atoms with van der Waals surface area (Å²) in [5.74, 6) is -0.0377. The predicted octanol–water partition coefficient (Wildman–Crippen LogP) is 0.539. The molecule has 0 aromatic carbocycles. The van der Waals surface area contributed by atoms with Crippen LogP contribution in [0.2, 0.25) is 0 Å². The average Bonchev–Trinajstić information content (AvgIpc) is 2.95. The molecule has 23 heavy (non-hydrogen) atoms. The van der Waals surface area contributed by atoms with Gasteiger partial charge in [0.15, 0.2) is 9.84 Å². The highest BCUT2D eigenvalue weighted by atomic mass is 32.2. The van der Waals surface area contributed by atoms with E-state index in [1.807, 2.05) is 0 Å². The zero-order chi connectivity index (χ0) is 16.3. The molecule has 130 valence electrons. The summed E-state index contributed by atoms with van der Waals surface area (Å²) in [5, 5.41) is 7.52. The van der Waals surface area contributed by atoms with E-state index in [9.17, 15) is 13.2 Å². The first kappa shape index (κ1) is 16.6. The van der Waals surface area contributed by atoms with Gasteiger partial charge in [0.1, 0.15) is 0 Å². The van der Waals surface area contributed by atoms with E-state index in [4.69, 9.17) is 4.74 Å². The Bertz CT molecular complexity index is 669. The second-order valence-corrected chi connectivity index (χ2v) is 8.80. The molecule has 2 aliphatic rings. The zero-order valence-corrected chi connectivity index (χ0v) is 14.1. The summed E-state index contributed by atoms with van der Waals surface area (Å²) < 4.78 is 32.6. The quantitative estimate of drug-likeness (QED) is 0.773. The third-order valence-electron chi connectivity index (χ3n) is 4.85. The number of aryl methyl sites for hydroxylation is 1. The van der Waals surface area contributed by atoms with Crippen LogP contribution in [0.1, 0.15) is 51.0 Å². The molecular formula is C14H24N4O4S. The highest BCUT2D eigenvalue weighted by Gasteiger charge is 2.28. The minimum atomic E-state index is -3.17. The SMILES string of the molecule is O=c1n(CCS(=O)(=O)C2CCCCC2)nnn1C1CCOCC1. The first-order valence-electron chi connectivity index (χ1n) is 8.39. The average molecular weight is 344 g/mol. The van der Waals surface area contributed by atoms with Crippen LogP contribution in [0.5, 0.6) is 0 Å². The summed E-state index contributed by atoms with van der Waals surface area (Å²) in [7, 11) is -3.17. The molecule has 9 heteroatoms. The van der Waals surface area contributed by atoms with Crippen molar-refractivity contribution in [3.8, 4) is 0 Å². The van der Waals surface area contributed by atoms with Gasteiger partial charge in [0.05, 0.1) is 23.6 Å². The van der Waals surface area contributed by atoms with Crippen molar-refractivity contribution >= 4 is 9.84 Å². The van der Waals surface area contributed by atoms with Gasteiger partial charge in [0.25, 0.3) is 0 Å². The molecule has 0 amide bonds. The first-order valence-corrected chi connectivity index (χ1v) is 10.1. The van der Waals surface area contributed by atoms with Crippen molar-refractivity contribution in [1.82, 2.24) is 19.8 Å². The van der Waals surface area contributed by atoms with Gasteiger partial charge in [-0.3, -0.25) is 0 Å². The third kappa shape index (κ3) is 3.82. The van der Waals surface area contributed by atoms with Crippen molar-refractivity contribution in [3.05, 3.63) is 10.5 Å². The van der Waals surface area contributed by atoms with E-state index in [1.54, 1.807) is 0 Å². The van der Waals surface area contributed by atoms with Gasteiger partial charge in [0.2, 0.25) is 0 Å². The molecule has 2 heterocycles. The van der Waals surface area contributed by atoms with Crippen molar-refractivity contribution in [2.24, 2.45) is 0 Å². The van der Waals surface area contributed by atoms with Crippen LogP contribution in [-0.4, -0.2) is 52.4 Å². The van der Waals surface area contributed by atoms with Gasteiger partial charge in [0, 0.05) is 13.2 Å². The van der Waals surface area contributed by atoms with E-state index >= 15 is 0 Å². The number of nitrogens with zero attached hydrogens (tertiary/aromatic N) is 4.